The summed E-state index contributed by atoms with van der Waals surface area (Å²) in [5, 5.41) is 3.20. The van der Waals surface area contributed by atoms with Gasteiger partial charge in [0.25, 0.3) is 11.1 Å². The van der Waals surface area contributed by atoms with Crippen molar-refractivity contribution in [3.63, 3.8) is 0 Å². The van der Waals surface area contributed by atoms with Crippen LogP contribution in [0, 0.1) is 0 Å². The van der Waals surface area contributed by atoms with Gasteiger partial charge in [-0.25, -0.2) is 0 Å². The number of Topliss-reactive ketones (excluding diaryl/α,β-unsaturated/α-hetero) is 1. The number of hydrogen-bond acceptors (Lipinski definition) is 5. The van der Waals surface area contributed by atoms with Crippen molar-refractivity contribution in [3.8, 4) is 5.75 Å². The number of hydrogen-bond donors (Lipinski definition) is 1. The summed E-state index contributed by atoms with van der Waals surface area (Å²) in [6.07, 6.45) is 0. The SMILES string of the molecule is CC(=O)c1ccc(NC(=O)c2ccc(OC(=S)N3CCOCC3)cc2)cc1. The average Bonchev–Trinajstić information content (AvgIpc) is 2.69. The molecule has 7 heteroatoms. The number of morpholine rings is 1. The van der Waals surface area contributed by atoms with Crippen LogP contribution in [0.2, 0.25) is 0 Å². The summed E-state index contributed by atoms with van der Waals surface area (Å²) in [6.45, 7) is 4.19. The van der Waals surface area contributed by atoms with Crippen LogP contribution in [0.5, 0.6) is 5.75 Å². The van der Waals surface area contributed by atoms with E-state index in [1.54, 1.807) is 48.5 Å². The van der Waals surface area contributed by atoms with Gasteiger partial charge in [0.1, 0.15) is 5.75 Å². The molecule has 0 radical (unpaired) electrons. The standard InChI is InChI=1S/C20H20N2O4S/c1-14(23)15-2-6-17(7-3-15)21-19(24)16-4-8-18(9-5-16)26-20(27)22-10-12-25-13-11-22/h2-9H,10-13H2,1H3,(H,21,24). The predicted octanol–water partition coefficient (Wildman–Crippen LogP) is 3.14. The largest absolute Gasteiger partial charge is 0.432 e. The maximum absolute atomic E-state index is 12.3. The van der Waals surface area contributed by atoms with E-state index in [9.17, 15) is 9.59 Å². The molecule has 1 heterocycles. The van der Waals surface area contributed by atoms with E-state index in [0.29, 0.717) is 54.0 Å². The Bertz CT molecular complexity index is 828. The number of carbonyl (C=O) groups is 2. The first-order valence-corrected chi connectivity index (χ1v) is 9.01. The summed E-state index contributed by atoms with van der Waals surface area (Å²) >= 11 is 5.30. The van der Waals surface area contributed by atoms with Gasteiger partial charge in [-0.3, -0.25) is 9.59 Å². The molecule has 1 amide bonds. The van der Waals surface area contributed by atoms with E-state index in [0.717, 1.165) is 0 Å². The number of nitrogens with one attached hydrogen (secondary N) is 1. The lowest BCUT2D eigenvalue weighted by molar-refractivity contribution is 0.0631. The third-order valence-corrected chi connectivity index (χ3v) is 4.48. The maximum Gasteiger partial charge on any atom is 0.264 e. The van der Waals surface area contributed by atoms with Gasteiger partial charge < -0.3 is 19.7 Å². The average molecular weight is 384 g/mol. The smallest absolute Gasteiger partial charge is 0.264 e. The zero-order valence-electron chi connectivity index (χ0n) is 14.9. The van der Waals surface area contributed by atoms with Crippen molar-refractivity contribution in [3.05, 3.63) is 59.7 Å². The topological polar surface area (TPSA) is 67.9 Å². The minimum absolute atomic E-state index is 0.0153. The molecule has 1 fully saturated rings. The second-order valence-electron chi connectivity index (χ2n) is 6.08. The molecule has 140 valence electrons. The Hall–Kier alpha value is -2.77. The first-order valence-electron chi connectivity index (χ1n) is 8.60. The zero-order chi connectivity index (χ0) is 19.2. The number of ether oxygens (including phenoxy) is 2. The van der Waals surface area contributed by atoms with E-state index in [4.69, 9.17) is 21.7 Å². The van der Waals surface area contributed by atoms with Crippen LogP contribution >= 0.6 is 12.2 Å². The zero-order valence-corrected chi connectivity index (χ0v) is 15.8. The highest BCUT2D eigenvalue weighted by Gasteiger charge is 2.15. The Labute approximate surface area is 163 Å². The van der Waals surface area contributed by atoms with E-state index >= 15 is 0 Å². The highest BCUT2D eigenvalue weighted by molar-refractivity contribution is 7.80. The molecule has 0 spiro atoms. The lowest BCUT2D eigenvalue weighted by atomic mass is 10.1. The fourth-order valence-corrected chi connectivity index (χ4v) is 2.86. The maximum atomic E-state index is 12.3. The van der Waals surface area contributed by atoms with Crippen molar-refractivity contribution in [2.75, 3.05) is 31.6 Å². The van der Waals surface area contributed by atoms with Gasteiger partial charge in [0.15, 0.2) is 5.78 Å². The Morgan fingerprint density at radius 1 is 1.00 bits per heavy atom. The number of ketones is 1. The molecule has 0 aliphatic carbocycles. The number of rotatable bonds is 4. The van der Waals surface area contributed by atoms with E-state index in [1.807, 2.05) is 4.90 Å². The van der Waals surface area contributed by atoms with Crippen molar-refractivity contribution in [2.24, 2.45) is 0 Å². The van der Waals surface area contributed by atoms with Crippen LogP contribution < -0.4 is 10.1 Å². The van der Waals surface area contributed by atoms with Gasteiger partial charge in [-0.15, -0.1) is 0 Å². The molecule has 0 bridgehead atoms. The highest BCUT2D eigenvalue weighted by Crippen LogP contribution is 2.16. The lowest BCUT2D eigenvalue weighted by Crippen LogP contribution is -2.42. The number of carbonyl (C=O) groups excluding carboxylic acids is 2. The third-order valence-electron chi connectivity index (χ3n) is 4.14. The van der Waals surface area contributed by atoms with Crippen LogP contribution in [0.15, 0.2) is 48.5 Å². The van der Waals surface area contributed by atoms with Crippen molar-refractivity contribution in [2.45, 2.75) is 6.92 Å². The van der Waals surface area contributed by atoms with Gasteiger partial charge in [-0.1, -0.05) is 0 Å². The van der Waals surface area contributed by atoms with Gasteiger partial charge >= 0.3 is 0 Å². The summed E-state index contributed by atoms with van der Waals surface area (Å²) in [7, 11) is 0. The highest BCUT2D eigenvalue weighted by atomic mass is 32.1. The molecule has 0 saturated carbocycles. The van der Waals surface area contributed by atoms with Crippen LogP contribution in [0.3, 0.4) is 0 Å². The Morgan fingerprint density at radius 2 is 1.59 bits per heavy atom. The molecule has 0 aromatic heterocycles. The normalized spacial score (nSPS) is 13.7. The van der Waals surface area contributed by atoms with Gasteiger partial charge in [0.05, 0.1) is 13.2 Å². The quantitative estimate of drug-likeness (QED) is 0.645. The number of anilines is 1. The molecular weight excluding hydrogens is 364 g/mol. The molecule has 1 N–H and O–H groups in total. The molecule has 3 rings (SSSR count). The summed E-state index contributed by atoms with van der Waals surface area (Å²) in [6, 6.07) is 13.5. The van der Waals surface area contributed by atoms with Crippen LogP contribution in [0.25, 0.3) is 0 Å². The molecule has 0 unspecified atom stereocenters. The van der Waals surface area contributed by atoms with Crippen LogP contribution in [-0.2, 0) is 4.74 Å². The van der Waals surface area contributed by atoms with Crippen molar-refractivity contribution in [1.29, 1.82) is 0 Å². The van der Waals surface area contributed by atoms with Crippen LogP contribution in [-0.4, -0.2) is 48.1 Å². The fourth-order valence-electron chi connectivity index (χ4n) is 2.58. The third kappa shape index (κ3) is 5.12. The minimum Gasteiger partial charge on any atom is -0.432 e. The molecule has 27 heavy (non-hydrogen) atoms. The van der Waals surface area contributed by atoms with Crippen molar-refractivity contribution < 1.29 is 19.1 Å². The molecule has 1 saturated heterocycles. The lowest BCUT2D eigenvalue weighted by Gasteiger charge is -2.28. The fraction of sp³-hybridized carbons (Fsp3) is 0.250. The molecule has 2 aromatic carbocycles. The van der Waals surface area contributed by atoms with Gasteiger partial charge in [0, 0.05) is 29.9 Å². The monoisotopic (exact) mass is 384 g/mol. The Morgan fingerprint density at radius 3 is 2.19 bits per heavy atom. The number of thiocarbonyl (C=S) groups is 1. The second kappa shape index (κ2) is 8.75. The molecule has 6 nitrogen and oxygen atoms in total. The second-order valence-corrected chi connectivity index (χ2v) is 6.43. The minimum atomic E-state index is -0.243. The molecule has 2 aromatic rings. The van der Waals surface area contributed by atoms with Gasteiger partial charge in [0.2, 0.25) is 0 Å². The van der Waals surface area contributed by atoms with E-state index in [2.05, 4.69) is 5.32 Å². The molecule has 0 atom stereocenters. The molecule has 1 aliphatic rings. The van der Waals surface area contributed by atoms with Crippen LogP contribution in [0.4, 0.5) is 5.69 Å². The Kier molecular flexibility index (Phi) is 6.16. The first-order chi connectivity index (χ1) is 13.0. The van der Waals surface area contributed by atoms with E-state index < -0.39 is 0 Å². The number of amides is 1. The summed E-state index contributed by atoms with van der Waals surface area (Å²) < 4.78 is 11.0. The summed E-state index contributed by atoms with van der Waals surface area (Å²) in [5.41, 5.74) is 1.72. The van der Waals surface area contributed by atoms with E-state index in [-0.39, 0.29) is 11.7 Å². The summed E-state index contributed by atoms with van der Waals surface area (Å²) in [5.74, 6) is 0.320. The first kappa shape index (κ1) is 19.0. The number of benzene rings is 2. The van der Waals surface area contributed by atoms with Gasteiger partial charge in [-0.2, -0.15) is 0 Å². The summed E-state index contributed by atoms with van der Waals surface area (Å²) in [4.78, 5) is 25.6. The van der Waals surface area contributed by atoms with E-state index in [1.165, 1.54) is 6.92 Å². The molecular formula is C20H20N2O4S. The van der Waals surface area contributed by atoms with Crippen molar-refractivity contribution >= 4 is 34.8 Å². The Balaban J connectivity index is 1.58. The van der Waals surface area contributed by atoms with Crippen molar-refractivity contribution in [1.82, 2.24) is 4.90 Å². The number of nitrogens with zero attached hydrogens (tertiary/aromatic N) is 1. The van der Waals surface area contributed by atoms with Crippen LogP contribution in [0.1, 0.15) is 27.6 Å². The molecule has 1 aliphatic heterocycles. The van der Waals surface area contributed by atoms with Gasteiger partial charge in [-0.05, 0) is 67.7 Å². The predicted molar refractivity (Wildman–Crippen MR) is 106 cm³/mol.